The van der Waals surface area contributed by atoms with Gasteiger partial charge in [0.25, 0.3) is 0 Å². The van der Waals surface area contributed by atoms with Crippen molar-refractivity contribution in [1.82, 2.24) is 9.88 Å². The summed E-state index contributed by atoms with van der Waals surface area (Å²) in [6, 6.07) is 2.87. The molecule has 2 aliphatic heterocycles. The monoisotopic (exact) mass is 545 g/mol. The molecule has 0 bridgehead atoms. The van der Waals surface area contributed by atoms with E-state index in [0.717, 1.165) is 13.1 Å². The maximum absolute atomic E-state index is 14.6. The number of aliphatic carboxylic acids is 1. The van der Waals surface area contributed by atoms with Gasteiger partial charge in [0.15, 0.2) is 6.10 Å². The number of carboxylic acids is 2. The van der Waals surface area contributed by atoms with Crippen LogP contribution in [0.1, 0.15) is 22.7 Å². The summed E-state index contributed by atoms with van der Waals surface area (Å²) in [5.41, 5.74) is 0.181. The van der Waals surface area contributed by atoms with Gasteiger partial charge in [-0.2, -0.15) is 0 Å². The normalized spacial score (nSPS) is 20.1. The van der Waals surface area contributed by atoms with Crippen molar-refractivity contribution >= 4 is 40.3 Å². The van der Waals surface area contributed by atoms with E-state index in [1.165, 1.54) is 17.8 Å². The van der Waals surface area contributed by atoms with E-state index < -0.39 is 54.2 Å². The molecule has 4 rings (SSSR count). The number of piperazine rings is 1. The van der Waals surface area contributed by atoms with Gasteiger partial charge < -0.3 is 50.5 Å². The second-order valence-corrected chi connectivity index (χ2v) is 9.78. The Hall–Kier alpha value is -2.79. The Labute approximate surface area is 213 Å². The molecule has 5 atom stereocenters. The van der Waals surface area contributed by atoms with Crippen LogP contribution < -0.4 is 15.6 Å². The zero-order chi connectivity index (χ0) is 27.6. The molecule has 0 unspecified atom stereocenters. The topological polar surface area (TPSA) is 213 Å². The van der Waals surface area contributed by atoms with Gasteiger partial charge in [-0.05, 0) is 19.1 Å². The van der Waals surface area contributed by atoms with Crippen molar-refractivity contribution in [3.05, 3.63) is 33.7 Å². The van der Waals surface area contributed by atoms with Crippen LogP contribution >= 0.6 is 11.8 Å². The van der Waals surface area contributed by atoms with Gasteiger partial charge in [-0.3, -0.25) is 4.79 Å². The largest absolute Gasteiger partial charge is 0.479 e. The number of aliphatic hydroxyl groups is 5. The molecule has 8 N–H and O–H groups in total. The predicted molar refractivity (Wildman–Crippen MR) is 130 cm³/mol. The Bertz CT molecular complexity index is 1240. The van der Waals surface area contributed by atoms with Crippen LogP contribution in [0.3, 0.4) is 0 Å². The third-order valence-corrected chi connectivity index (χ3v) is 7.23. The van der Waals surface area contributed by atoms with Crippen molar-refractivity contribution in [1.29, 1.82) is 0 Å². The molecule has 0 amide bonds. The molecule has 0 radical (unpaired) electrons. The number of rotatable bonds is 7. The lowest BCUT2D eigenvalue weighted by molar-refractivity contribution is -0.164. The lowest BCUT2D eigenvalue weighted by atomic mass is 10.0. The highest BCUT2D eigenvalue weighted by Gasteiger charge is 2.34. The molecule has 1 saturated heterocycles. The van der Waals surface area contributed by atoms with Crippen molar-refractivity contribution in [3.8, 4) is 0 Å². The number of carboxylic acid groups (broad SMARTS) is 2. The fourth-order valence-corrected chi connectivity index (χ4v) is 5.20. The van der Waals surface area contributed by atoms with Gasteiger partial charge in [0.05, 0.1) is 28.2 Å². The maximum atomic E-state index is 14.6. The Morgan fingerprint density at radius 1 is 1.14 bits per heavy atom. The van der Waals surface area contributed by atoms with Crippen LogP contribution in [0, 0.1) is 5.82 Å². The average Bonchev–Trinajstić information content (AvgIpc) is 2.87. The van der Waals surface area contributed by atoms with Gasteiger partial charge in [0.2, 0.25) is 5.43 Å². The molecule has 37 heavy (non-hydrogen) atoms. The highest BCUT2D eigenvalue weighted by atomic mass is 32.2. The fourth-order valence-electron chi connectivity index (χ4n) is 4.04. The lowest BCUT2D eigenvalue weighted by Gasteiger charge is -2.34. The fraction of sp³-hybridized carbons (Fsp3) is 0.500. The van der Waals surface area contributed by atoms with Crippen LogP contribution in [0.4, 0.5) is 10.1 Å². The first-order valence-corrected chi connectivity index (χ1v) is 12.1. The van der Waals surface area contributed by atoms with E-state index in [1.54, 1.807) is 6.07 Å². The number of hydrogen-bond acceptors (Lipinski definition) is 11. The SMILES string of the molecule is C[C@H]1Sc2c(C(=O)O)c(=O)c3cc(F)c(N4CCNCC4)cc3n21.O=C(O)[C@H](O)[C@@H](O)[C@H](O)[C@H](O)CO. The zero-order valence-electron chi connectivity index (χ0n) is 19.6. The van der Waals surface area contributed by atoms with Crippen LogP contribution in [0.15, 0.2) is 22.0 Å². The number of benzene rings is 1. The van der Waals surface area contributed by atoms with Crippen LogP contribution in [0.2, 0.25) is 0 Å². The van der Waals surface area contributed by atoms with E-state index in [-0.39, 0.29) is 16.3 Å². The number of halogens is 1. The van der Waals surface area contributed by atoms with Crippen molar-refractivity contribution in [2.24, 2.45) is 0 Å². The molecule has 1 aromatic heterocycles. The minimum absolute atomic E-state index is 0.0162. The molecular formula is C22H28FN3O10S. The Morgan fingerprint density at radius 3 is 2.27 bits per heavy atom. The third kappa shape index (κ3) is 5.72. The molecule has 1 fully saturated rings. The Kier molecular flexibility index (Phi) is 9.12. The van der Waals surface area contributed by atoms with Gasteiger partial charge in [0.1, 0.15) is 29.7 Å². The molecule has 0 saturated carbocycles. The van der Waals surface area contributed by atoms with Gasteiger partial charge in [0, 0.05) is 31.6 Å². The summed E-state index contributed by atoms with van der Waals surface area (Å²) in [4.78, 5) is 36.0. The van der Waals surface area contributed by atoms with Crippen molar-refractivity contribution < 1.29 is 49.7 Å². The standard InChI is InChI=1S/C16H16FN3O3S.C6H12O7/c1-8-20-11-7-12(19-4-2-18-3-5-19)10(17)6-9(11)14(21)13(16(22)23)15(20)24-8;7-1-2(8)3(9)4(10)5(11)6(12)13/h6-8,18H,2-5H2,1H3,(H,22,23);2-5,7-11H,1H2,(H,12,13)/t8-;2-,3-,4+,5-/m11/s1. The predicted octanol–water partition coefficient (Wildman–Crippen LogP) is -1.62. The first-order valence-electron chi connectivity index (χ1n) is 11.2. The van der Waals surface area contributed by atoms with Gasteiger partial charge >= 0.3 is 11.9 Å². The number of fused-ring (bicyclic) bond motifs is 3. The van der Waals surface area contributed by atoms with Crippen LogP contribution in [0.25, 0.3) is 10.9 Å². The third-order valence-electron chi connectivity index (χ3n) is 6.05. The number of aliphatic hydroxyl groups excluding tert-OH is 5. The summed E-state index contributed by atoms with van der Waals surface area (Å²) < 4.78 is 16.4. The molecular weight excluding hydrogens is 517 g/mol. The number of carbonyl (C=O) groups is 2. The van der Waals surface area contributed by atoms with E-state index in [2.05, 4.69) is 5.32 Å². The molecule has 2 aliphatic rings. The number of aromatic carboxylic acids is 1. The highest BCUT2D eigenvalue weighted by molar-refractivity contribution is 8.00. The van der Waals surface area contributed by atoms with Gasteiger partial charge in [-0.1, -0.05) is 11.8 Å². The van der Waals surface area contributed by atoms with Crippen molar-refractivity contribution in [2.45, 2.75) is 41.7 Å². The summed E-state index contributed by atoms with van der Waals surface area (Å²) in [7, 11) is 0. The van der Waals surface area contributed by atoms with E-state index in [1.807, 2.05) is 16.4 Å². The first-order chi connectivity index (χ1) is 17.4. The van der Waals surface area contributed by atoms with E-state index in [0.29, 0.717) is 29.3 Å². The average molecular weight is 546 g/mol. The van der Waals surface area contributed by atoms with E-state index in [9.17, 15) is 23.9 Å². The second kappa shape index (κ2) is 11.7. The molecule has 1 aromatic carbocycles. The minimum atomic E-state index is -2.20. The Morgan fingerprint density at radius 2 is 1.76 bits per heavy atom. The molecule has 0 spiro atoms. The zero-order valence-corrected chi connectivity index (χ0v) is 20.4. The summed E-state index contributed by atoms with van der Waals surface area (Å²) in [5, 5.41) is 65.0. The Balaban J connectivity index is 0.000000251. The lowest BCUT2D eigenvalue weighted by Crippen LogP contribution is -2.48. The number of aromatic nitrogens is 1. The molecule has 15 heteroatoms. The summed E-state index contributed by atoms with van der Waals surface area (Å²) in [6.07, 6.45) is -7.84. The molecule has 204 valence electrons. The number of anilines is 1. The van der Waals surface area contributed by atoms with E-state index >= 15 is 0 Å². The molecule has 3 heterocycles. The quantitative estimate of drug-likeness (QED) is 0.197. The smallest absolute Gasteiger partial charge is 0.342 e. The number of pyridine rings is 1. The van der Waals surface area contributed by atoms with Crippen molar-refractivity contribution in [2.75, 3.05) is 37.7 Å². The summed E-state index contributed by atoms with van der Waals surface area (Å²) >= 11 is 1.35. The maximum Gasteiger partial charge on any atom is 0.342 e. The number of nitrogens with zero attached hydrogens (tertiary/aromatic N) is 2. The first kappa shape index (κ1) is 28.8. The summed E-state index contributed by atoms with van der Waals surface area (Å²) in [6.45, 7) is 4.03. The second-order valence-electron chi connectivity index (χ2n) is 8.47. The molecule has 2 aromatic rings. The highest BCUT2D eigenvalue weighted by Crippen LogP contribution is 2.46. The van der Waals surface area contributed by atoms with Crippen LogP contribution in [-0.2, 0) is 4.79 Å². The molecule has 13 nitrogen and oxygen atoms in total. The summed E-state index contributed by atoms with van der Waals surface area (Å²) in [5.74, 6) is -3.48. The molecule has 0 aliphatic carbocycles. The van der Waals surface area contributed by atoms with E-state index in [4.69, 9.17) is 30.6 Å². The van der Waals surface area contributed by atoms with Crippen LogP contribution in [-0.4, -0.2) is 109 Å². The van der Waals surface area contributed by atoms with Crippen molar-refractivity contribution in [3.63, 3.8) is 0 Å². The minimum Gasteiger partial charge on any atom is -0.479 e. The van der Waals surface area contributed by atoms with Gasteiger partial charge in [-0.15, -0.1) is 0 Å². The van der Waals surface area contributed by atoms with Gasteiger partial charge in [-0.25, -0.2) is 14.0 Å². The number of thioether (sulfide) groups is 1. The number of hydrogen-bond donors (Lipinski definition) is 8. The number of nitrogens with one attached hydrogen (secondary N) is 1. The van der Waals surface area contributed by atoms with Crippen LogP contribution in [0.5, 0.6) is 0 Å².